The second-order valence-electron chi connectivity index (χ2n) is 7.22. The molecule has 150 valence electrons. The summed E-state index contributed by atoms with van der Waals surface area (Å²) in [5.74, 6) is 0.0750. The lowest BCUT2D eigenvalue weighted by Crippen LogP contribution is -2.62. The molecule has 9 heteroatoms. The van der Waals surface area contributed by atoms with Crippen LogP contribution in [-0.2, 0) is 0 Å². The van der Waals surface area contributed by atoms with E-state index in [9.17, 15) is 18.0 Å². The largest absolute Gasteiger partial charge is 0.573 e. The van der Waals surface area contributed by atoms with E-state index in [2.05, 4.69) is 26.9 Å². The Kier molecular flexibility index (Phi) is 5.05. The summed E-state index contributed by atoms with van der Waals surface area (Å²) >= 11 is 1.22. The maximum Gasteiger partial charge on any atom is 0.573 e. The van der Waals surface area contributed by atoms with Crippen molar-refractivity contribution in [3.8, 4) is 16.3 Å². The Morgan fingerprint density at radius 2 is 1.93 bits per heavy atom. The summed E-state index contributed by atoms with van der Waals surface area (Å²) in [5, 5.41) is 3.74. The van der Waals surface area contributed by atoms with E-state index in [0.717, 1.165) is 25.9 Å². The summed E-state index contributed by atoms with van der Waals surface area (Å²) in [7, 11) is 0. The highest BCUT2D eigenvalue weighted by molar-refractivity contribution is 7.16. The number of nitrogens with one attached hydrogen (secondary N) is 1. The molecule has 3 aliphatic heterocycles. The van der Waals surface area contributed by atoms with Gasteiger partial charge in [0, 0.05) is 17.6 Å². The smallest absolute Gasteiger partial charge is 0.406 e. The van der Waals surface area contributed by atoms with Crippen molar-refractivity contribution in [2.45, 2.75) is 38.2 Å². The van der Waals surface area contributed by atoms with Crippen molar-refractivity contribution in [3.63, 3.8) is 0 Å². The van der Waals surface area contributed by atoms with Crippen molar-refractivity contribution in [3.05, 3.63) is 35.3 Å². The molecular weight excluding hydrogens is 391 g/mol. The molecule has 5 rings (SSSR count). The molecule has 3 fully saturated rings. The van der Waals surface area contributed by atoms with E-state index >= 15 is 0 Å². The predicted molar refractivity (Wildman–Crippen MR) is 99.2 cm³/mol. The lowest BCUT2D eigenvalue weighted by Gasteiger charge is -2.49. The van der Waals surface area contributed by atoms with Crippen LogP contribution in [0.25, 0.3) is 10.6 Å². The summed E-state index contributed by atoms with van der Waals surface area (Å²) in [5.41, 5.74) is 0.634. The first-order valence-electron chi connectivity index (χ1n) is 9.17. The van der Waals surface area contributed by atoms with Gasteiger partial charge in [0.1, 0.15) is 15.6 Å². The van der Waals surface area contributed by atoms with E-state index in [0.29, 0.717) is 27.4 Å². The van der Waals surface area contributed by atoms with Gasteiger partial charge >= 0.3 is 6.36 Å². The molecule has 1 aromatic heterocycles. The second-order valence-corrected chi connectivity index (χ2v) is 8.25. The standard InChI is InChI=1S/C19H20F3N3O2S/c1-11-16(12-6-8-25(11)9-7-12)24-17(26)15-10-23-18(28-15)13-2-4-14(5-3-13)27-19(20,21)22/h2-5,10-12,16H,6-9H2,1H3,(H,24,26)/t11-,16-/m0/s1. The van der Waals surface area contributed by atoms with Gasteiger partial charge in [-0.1, -0.05) is 0 Å². The molecule has 0 spiro atoms. The first-order chi connectivity index (χ1) is 13.3. The average molecular weight is 411 g/mol. The topological polar surface area (TPSA) is 54.5 Å². The highest BCUT2D eigenvalue weighted by Crippen LogP contribution is 2.33. The fourth-order valence-electron chi connectivity index (χ4n) is 4.08. The second kappa shape index (κ2) is 7.36. The van der Waals surface area contributed by atoms with Gasteiger partial charge in [-0.3, -0.25) is 9.69 Å². The van der Waals surface area contributed by atoms with Gasteiger partial charge in [-0.05, 0) is 63.0 Å². The van der Waals surface area contributed by atoms with Crippen LogP contribution in [0.1, 0.15) is 29.4 Å². The van der Waals surface area contributed by atoms with E-state index < -0.39 is 6.36 Å². The normalized spacial score (nSPS) is 26.9. The van der Waals surface area contributed by atoms with E-state index in [4.69, 9.17) is 0 Å². The number of amides is 1. The zero-order valence-electron chi connectivity index (χ0n) is 15.2. The van der Waals surface area contributed by atoms with Crippen molar-refractivity contribution >= 4 is 17.2 Å². The number of thiazole rings is 1. The molecule has 1 amide bonds. The highest BCUT2D eigenvalue weighted by atomic mass is 32.1. The predicted octanol–water partition coefficient (Wildman–Crippen LogP) is 3.92. The van der Waals surface area contributed by atoms with Gasteiger partial charge < -0.3 is 10.1 Å². The molecule has 4 heterocycles. The molecule has 1 aromatic carbocycles. The molecule has 1 N–H and O–H groups in total. The van der Waals surface area contributed by atoms with Gasteiger partial charge in [-0.2, -0.15) is 0 Å². The van der Waals surface area contributed by atoms with Gasteiger partial charge in [0.25, 0.3) is 5.91 Å². The molecule has 0 saturated carbocycles. The highest BCUT2D eigenvalue weighted by Gasteiger charge is 2.40. The van der Waals surface area contributed by atoms with Crippen molar-refractivity contribution in [2.24, 2.45) is 5.92 Å². The molecule has 3 aliphatic rings. The number of carbonyl (C=O) groups excluding carboxylic acids is 1. The summed E-state index contributed by atoms with van der Waals surface area (Å²) in [6.45, 7) is 4.34. The third kappa shape index (κ3) is 4.00. The number of carbonyl (C=O) groups is 1. The van der Waals surface area contributed by atoms with Gasteiger partial charge in [0.15, 0.2) is 0 Å². The molecule has 5 nitrogen and oxygen atoms in total. The Hall–Kier alpha value is -2.13. The number of ether oxygens (including phenoxy) is 1. The fraction of sp³-hybridized carbons (Fsp3) is 0.474. The summed E-state index contributed by atoms with van der Waals surface area (Å²) in [6.07, 6.45) is -0.993. The van der Waals surface area contributed by atoms with Crippen LogP contribution in [0.5, 0.6) is 5.75 Å². The number of hydrogen-bond acceptors (Lipinski definition) is 5. The number of piperidine rings is 3. The van der Waals surface area contributed by atoms with Crippen LogP contribution in [0.3, 0.4) is 0 Å². The van der Waals surface area contributed by atoms with Crippen molar-refractivity contribution < 1.29 is 22.7 Å². The molecule has 3 saturated heterocycles. The number of nitrogens with zero attached hydrogens (tertiary/aromatic N) is 2. The summed E-state index contributed by atoms with van der Waals surface area (Å²) in [6, 6.07) is 5.93. The molecule has 0 radical (unpaired) electrons. The lowest BCUT2D eigenvalue weighted by molar-refractivity contribution is -0.274. The minimum atomic E-state index is -4.72. The minimum absolute atomic E-state index is 0.138. The third-order valence-corrected chi connectivity index (χ3v) is 6.59. The van der Waals surface area contributed by atoms with Gasteiger partial charge in [0.2, 0.25) is 0 Å². The van der Waals surface area contributed by atoms with Crippen LogP contribution < -0.4 is 10.1 Å². The SMILES string of the molecule is C[C@H]1[C@H](NC(=O)c2cnc(-c3ccc(OC(F)(F)F)cc3)s2)C2CCN1CC2. The van der Waals surface area contributed by atoms with Crippen LogP contribution in [0.2, 0.25) is 0 Å². The molecule has 0 unspecified atom stereocenters. The van der Waals surface area contributed by atoms with E-state index in [1.165, 1.54) is 41.8 Å². The van der Waals surface area contributed by atoms with Crippen LogP contribution >= 0.6 is 11.3 Å². The maximum absolute atomic E-state index is 12.7. The molecule has 28 heavy (non-hydrogen) atoms. The van der Waals surface area contributed by atoms with Gasteiger partial charge in [0.05, 0.1) is 6.20 Å². The van der Waals surface area contributed by atoms with Gasteiger partial charge in [-0.25, -0.2) is 4.98 Å². The number of alkyl halides is 3. The number of benzene rings is 1. The quantitative estimate of drug-likeness (QED) is 0.829. The van der Waals surface area contributed by atoms with Crippen LogP contribution in [-0.4, -0.2) is 47.3 Å². The average Bonchev–Trinajstić information content (AvgIpc) is 3.14. The minimum Gasteiger partial charge on any atom is -0.406 e. The molecule has 0 aliphatic carbocycles. The third-order valence-electron chi connectivity index (χ3n) is 5.54. The van der Waals surface area contributed by atoms with E-state index in [-0.39, 0.29) is 17.7 Å². The molecular formula is C19H20F3N3O2S. The van der Waals surface area contributed by atoms with Crippen molar-refractivity contribution in [1.29, 1.82) is 0 Å². The Bertz CT molecular complexity index is 843. The Balaban J connectivity index is 1.43. The van der Waals surface area contributed by atoms with E-state index in [1.807, 2.05) is 0 Å². The molecule has 2 atom stereocenters. The lowest BCUT2D eigenvalue weighted by atomic mass is 9.79. The number of halogens is 3. The van der Waals surface area contributed by atoms with Gasteiger partial charge in [-0.15, -0.1) is 24.5 Å². The zero-order valence-corrected chi connectivity index (χ0v) is 16.0. The number of rotatable bonds is 4. The van der Waals surface area contributed by atoms with Crippen LogP contribution in [0.4, 0.5) is 13.2 Å². The first-order valence-corrected chi connectivity index (χ1v) is 9.99. The van der Waals surface area contributed by atoms with Crippen LogP contribution in [0.15, 0.2) is 30.5 Å². The monoisotopic (exact) mass is 411 g/mol. The number of hydrogen-bond donors (Lipinski definition) is 1. The summed E-state index contributed by atoms with van der Waals surface area (Å²) < 4.78 is 40.6. The maximum atomic E-state index is 12.7. The Labute approximate surface area is 164 Å². The Morgan fingerprint density at radius 1 is 1.25 bits per heavy atom. The van der Waals surface area contributed by atoms with Crippen molar-refractivity contribution in [2.75, 3.05) is 13.1 Å². The van der Waals surface area contributed by atoms with Crippen molar-refractivity contribution in [1.82, 2.24) is 15.2 Å². The molecule has 2 aromatic rings. The summed E-state index contributed by atoms with van der Waals surface area (Å²) in [4.78, 5) is 19.8. The first kappa shape index (κ1) is 19.2. The number of aromatic nitrogens is 1. The fourth-order valence-corrected chi connectivity index (χ4v) is 4.90. The number of fused-ring (bicyclic) bond motifs is 3. The molecule has 2 bridgehead atoms. The van der Waals surface area contributed by atoms with Crippen LogP contribution in [0, 0.1) is 5.92 Å². The zero-order chi connectivity index (χ0) is 19.9. The van der Waals surface area contributed by atoms with E-state index in [1.54, 1.807) is 0 Å². The Morgan fingerprint density at radius 3 is 2.54 bits per heavy atom.